The van der Waals surface area contributed by atoms with Crippen molar-refractivity contribution in [1.82, 2.24) is 4.31 Å². The molecule has 1 fully saturated rings. The highest BCUT2D eigenvalue weighted by molar-refractivity contribution is 7.89. The number of nitrogens with zero attached hydrogens (tertiary/aromatic N) is 1. The van der Waals surface area contributed by atoms with Gasteiger partial charge in [0.05, 0.1) is 4.90 Å². The average molecular weight is 430 g/mol. The maximum absolute atomic E-state index is 13.2. The van der Waals surface area contributed by atoms with Crippen molar-refractivity contribution in [2.45, 2.75) is 30.7 Å². The van der Waals surface area contributed by atoms with Crippen molar-refractivity contribution in [3.05, 3.63) is 48.0 Å². The molecule has 2 heterocycles. The maximum Gasteiger partial charge on any atom is 0.243 e. The summed E-state index contributed by atoms with van der Waals surface area (Å²) in [5, 5.41) is 2.74. The molecule has 1 amide bonds. The van der Waals surface area contributed by atoms with Crippen LogP contribution in [-0.4, -0.2) is 50.2 Å². The smallest absolute Gasteiger partial charge is 0.243 e. The molecule has 0 spiro atoms. The van der Waals surface area contributed by atoms with E-state index in [1.54, 1.807) is 30.3 Å². The highest BCUT2D eigenvalue weighted by Crippen LogP contribution is 2.35. The normalized spacial score (nSPS) is 18.8. The second-order valence-corrected chi connectivity index (χ2v) is 9.10. The molecule has 30 heavy (non-hydrogen) atoms. The molecule has 0 saturated carbocycles. The number of Topliss-reactive ketones (excluding diaryl/α,β-unsaturated/α-hetero) is 1. The van der Waals surface area contributed by atoms with Gasteiger partial charge in [-0.3, -0.25) is 9.59 Å². The molecule has 4 rings (SSSR count). The SMILES string of the molecule is CC(=O)c1cccc(NC(=O)[C@H]2CCCN2S(=O)(=O)c2ccc3c(c2)OCCO3)c1. The van der Waals surface area contributed by atoms with E-state index in [1.165, 1.54) is 23.4 Å². The summed E-state index contributed by atoms with van der Waals surface area (Å²) >= 11 is 0. The molecule has 1 atom stereocenters. The number of sulfonamides is 1. The summed E-state index contributed by atoms with van der Waals surface area (Å²) in [5.41, 5.74) is 0.927. The van der Waals surface area contributed by atoms with Crippen LogP contribution in [0.4, 0.5) is 5.69 Å². The van der Waals surface area contributed by atoms with Crippen LogP contribution in [0, 0.1) is 0 Å². The lowest BCUT2D eigenvalue weighted by Gasteiger charge is -2.24. The fraction of sp³-hybridized carbons (Fsp3) is 0.333. The molecule has 2 aliphatic heterocycles. The average Bonchev–Trinajstić information content (AvgIpc) is 3.24. The van der Waals surface area contributed by atoms with Gasteiger partial charge in [0.1, 0.15) is 19.3 Å². The summed E-state index contributed by atoms with van der Waals surface area (Å²) < 4.78 is 38.6. The van der Waals surface area contributed by atoms with E-state index in [-0.39, 0.29) is 17.2 Å². The number of nitrogens with one attached hydrogen (secondary N) is 1. The molecular formula is C21H22N2O6S. The third kappa shape index (κ3) is 3.90. The van der Waals surface area contributed by atoms with E-state index in [1.807, 2.05) is 0 Å². The zero-order chi connectivity index (χ0) is 21.3. The van der Waals surface area contributed by atoms with Crippen molar-refractivity contribution in [2.24, 2.45) is 0 Å². The first kappa shape index (κ1) is 20.4. The van der Waals surface area contributed by atoms with E-state index < -0.39 is 22.0 Å². The zero-order valence-corrected chi connectivity index (χ0v) is 17.3. The minimum Gasteiger partial charge on any atom is -0.486 e. The molecule has 8 nitrogen and oxygen atoms in total. The van der Waals surface area contributed by atoms with E-state index in [0.717, 1.165) is 0 Å². The molecule has 0 aromatic heterocycles. The Kier molecular flexibility index (Phi) is 5.48. The Hall–Kier alpha value is -2.91. The summed E-state index contributed by atoms with van der Waals surface area (Å²) in [7, 11) is -3.90. The first-order valence-electron chi connectivity index (χ1n) is 9.69. The number of rotatable bonds is 5. The number of hydrogen-bond acceptors (Lipinski definition) is 6. The molecule has 0 radical (unpaired) electrons. The molecule has 2 aromatic rings. The summed E-state index contributed by atoms with van der Waals surface area (Å²) in [6.07, 6.45) is 0.997. The van der Waals surface area contributed by atoms with Gasteiger partial charge in [0.15, 0.2) is 17.3 Å². The van der Waals surface area contributed by atoms with E-state index in [9.17, 15) is 18.0 Å². The van der Waals surface area contributed by atoms with Crippen LogP contribution in [0.5, 0.6) is 11.5 Å². The van der Waals surface area contributed by atoms with Crippen LogP contribution in [0.25, 0.3) is 0 Å². The van der Waals surface area contributed by atoms with E-state index in [0.29, 0.717) is 48.8 Å². The van der Waals surface area contributed by atoms with Crippen LogP contribution in [0.3, 0.4) is 0 Å². The molecule has 0 unspecified atom stereocenters. The van der Waals surface area contributed by atoms with Crippen LogP contribution in [0.1, 0.15) is 30.1 Å². The lowest BCUT2D eigenvalue weighted by atomic mass is 10.1. The van der Waals surface area contributed by atoms with Gasteiger partial charge in [0.25, 0.3) is 0 Å². The van der Waals surface area contributed by atoms with Crippen LogP contribution < -0.4 is 14.8 Å². The second kappa shape index (κ2) is 8.08. The number of benzene rings is 2. The summed E-state index contributed by atoms with van der Waals surface area (Å²) in [6, 6.07) is 10.2. The largest absolute Gasteiger partial charge is 0.486 e. The predicted octanol–water partition coefficient (Wildman–Crippen LogP) is 2.45. The van der Waals surface area contributed by atoms with Gasteiger partial charge in [-0.2, -0.15) is 4.31 Å². The minimum absolute atomic E-state index is 0.0602. The van der Waals surface area contributed by atoms with Crippen molar-refractivity contribution < 1.29 is 27.5 Å². The first-order valence-corrected chi connectivity index (χ1v) is 11.1. The van der Waals surface area contributed by atoms with Crippen LogP contribution in [0.15, 0.2) is 47.4 Å². The van der Waals surface area contributed by atoms with Crippen molar-refractivity contribution in [2.75, 3.05) is 25.1 Å². The van der Waals surface area contributed by atoms with Crippen molar-refractivity contribution in [3.8, 4) is 11.5 Å². The van der Waals surface area contributed by atoms with Gasteiger partial charge in [-0.25, -0.2) is 8.42 Å². The monoisotopic (exact) mass is 430 g/mol. The standard InChI is InChI=1S/C21H22N2O6S/c1-14(24)15-4-2-5-16(12-15)22-21(25)18-6-3-9-23(18)30(26,27)17-7-8-19-20(13-17)29-11-10-28-19/h2,4-5,7-8,12-13,18H,3,6,9-11H2,1H3,(H,22,25)/t18-/m1/s1. The number of ketones is 1. The highest BCUT2D eigenvalue weighted by atomic mass is 32.2. The van der Waals surface area contributed by atoms with Crippen LogP contribution in [-0.2, 0) is 14.8 Å². The molecule has 9 heteroatoms. The summed E-state index contributed by atoms with van der Waals surface area (Å²) in [5.74, 6) is 0.342. The Morgan fingerprint density at radius 1 is 1.07 bits per heavy atom. The first-order chi connectivity index (χ1) is 14.4. The molecule has 2 aliphatic rings. The molecule has 0 bridgehead atoms. The third-order valence-electron chi connectivity index (χ3n) is 5.16. The summed E-state index contributed by atoms with van der Waals surface area (Å²) in [6.45, 7) is 2.46. The van der Waals surface area contributed by atoms with Gasteiger partial charge in [0.2, 0.25) is 15.9 Å². The van der Waals surface area contributed by atoms with Crippen molar-refractivity contribution in [3.63, 3.8) is 0 Å². The molecular weight excluding hydrogens is 408 g/mol. The number of hydrogen-bond donors (Lipinski definition) is 1. The Morgan fingerprint density at radius 2 is 1.83 bits per heavy atom. The number of fused-ring (bicyclic) bond motifs is 1. The van der Waals surface area contributed by atoms with E-state index in [4.69, 9.17) is 9.47 Å². The molecule has 158 valence electrons. The van der Waals surface area contributed by atoms with Gasteiger partial charge in [-0.15, -0.1) is 0 Å². The Bertz CT molecular complexity index is 1100. The lowest BCUT2D eigenvalue weighted by Crippen LogP contribution is -2.43. The fourth-order valence-electron chi connectivity index (χ4n) is 3.65. The van der Waals surface area contributed by atoms with Crippen LogP contribution >= 0.6 is 0 Å². The quantitative estimate of drug-likeness (QED) is 0.731. The fourth-order valence-corrected chi connectivity index (χ4v) is 5.32. The van der Waals surface area contributed by atoms with Gasteiger partial charge in [0, 0.05) is 23.9 Å². The van der Waals surface area contributed by atoms with Crippen molar-refractivity contribution >= 4 is 27.4 Å². The Labute approximate surface area is 174 Å². The topological polar surface area (TPSA) is 102 Å². The molecule has 0 aliphatic carbocycles. The van der Waals surface area contributed by atoms with E-state index >= 15 is 0 Å². The predicted molar refractivity (Wildman–Crippen MR) is 109 cm³/mol. The van der Waals surface area contributed by atoms with Gasteiger partial charge < -0.3 is 14.8 Å². The van der Waals surface area contributed by atoms with Crippen molar-refractivity contribution in [1.29, 1.82) is 0 Å². The lowest BCUT2D eigenvalue weighted by molar-refractivity contribution is -0.119. The number of ether oxygens (including phenoxy) is 2. The molecule has 1 N–H and O–H groups in total. The third-order valence-corrected chi connectivity index (χ3v) is 7.07. The number of anilines is 1. The zero-order valence-electron chi connectivity index (χ0n) is 16.5. The Morgan fingerprint density at radius 3 is 2.60 bits per heavy atom. The number of amides is 1. The summed E-state index contributed by atoms with van der Waals surface area (Å²) in [4.78, 5) is 24.5. The van der Waals surface area contributed by atoms with Gasteiger partial charge in [-0.1, -0.05) is 12.1 Å². The molecule has 2 aromatic carbocycles. The highest BCUT2D eigenvalue weighted by Gasteiger charge is 2.40. The van der Waals surface area contributed by atoms with Crippen LogP contribution in [0.2, 0.25) is 0 Å². The number of carbonyl (C=O) groups excluding carboxylic acids is 2. The van der Waals surface area contributed by atoms with Gasteiger partial charge >= 0.3 is 0 Å². The Balaban J connectivity index is 1.56. The minimum atomic E-state index is -3.90. The molecule has 1 saturated heterocycles. The van der Waals surface area contributed by atoms with E-state index in [2.05, 4.69) is 5.32 Å². The van der Waals surface area contributed by atoms with Gasteiger partial charge in [-0.05, 0) is 44.0 Å². The maximum atomic E-state index is 13.2. The number of carbonyl (C=O) groups is 2. The second-order valence-electron chi connectivity index (χ2n) is 7.21.